The SMILES string of the molecule is CCn1c(SCC(=O)Nc2sc3c(c2C#N)CCC(C(C)(C)CC)C3)nnc1-c1cc(Cl)ccc1OC. The molecule has 1 atom stereocenters. The van der Waals surface area contributed by atoms with Gasteiger partial charge in [0.25, 0.3) is 0 Å². The molecule has 0 radical (unpaired) electrons. The maximum atomic E-state index is 12.9. The molecule has 0 saturated heterocycles. The minimum atomic E-state index is -0.168. The molecule has 1 aliphatic rings. The van der Waals surface area contributed by atoms with Crippen LogP contribution in [-0.2, 0) is 24.2 Å². The number of hydrogen-bond acceptors (Lipinski definition) is 7. The number of fused-ring (bicyclic) bond motifs is 1. The van der Waals surface area contributed by atoms with E-state index in [1.165, 1.54) is 16.6 Å². The first-order chi connectivity index (χ1) is 17.7. The van der Waals surface area contributed by atoms with Crippen LogP contribution in [0, 0.1) is 22.7 Å². The normalized spacial score (nSPS) is 15.2. The molecule has 37 heavy (non-hydrogen) atoms. The van der Waals surface area contributed by atoms with Crippen molar-refractivity contribution < 1.29 is 9.53 Å². The van der Waals surface area contributed by atoms with Crippen LogP contribution in [0.3, 0.4) is 0 Å². The van der Waals surface area contributed by atoms with E-state index in [9.17, 15) is 10.1 Å². The predicted octanol–water partition coefficient (Wildman–Crippen LogP) is 6.83. The van der Waals surface area contributed by atoms with E-state index in [0.29, 0.717) is 44.8 Å². The molecule has 0 aliphatic heterocycles. The number of carbonyl (C=O) groups is 1. The molecule has 1 amide bonds. The summed E-state index contributed by atoms with van der Waals surface area (Å²) in [4.78, 5) is 14.2. The highest BCUT2D eigenvalue weighted by atomic mass is 35.5. The lowest BCUT2D eigenvalue weighted by Crippen LogP contribution is -2.28. The van der Waals surface area contributed by atoms with Crippen molar-refractivity contribution in [2.24, 2.45) is 11.3 Å². The van der Waals surface area contributed by atoms with Crippen LogP contribution < -0.4 is 10.1 Å². The van der Waals surface area contributed by atoms with Crippen molar-refractivity contribution in [3.8, 4) is 23.2 Å². The fourth-order valence-electron chi connectivity index (χ4n) is 4.78. The highest BCUT2D eigenvalue weighted by molar-refractivity contribution is 7.99. The van der Waals surface area contributed by atoms with Gasteiger partial charge in [-0.15, -0.1) is 21.5 Å². The number of nitrogens with zero attached hydrogens (tertiary/aromatic N) is 4. The Morgan fingerprint density at radius 1 is 1.38 bits per heavy atom. The standard InChI is InChI=1S/C27H32ClN5O2S2/c1-6-27(3,4)16-8-10-18-20(14-29)25(37-22(18)12-16)30-23(34)15-36-26-32-31-24(33(26)7-2)19-13-17(28)9-11-21(19)35-5/h9,11,13,16H,6-8,10,12,15H2,1-5H3,(H,30,34). The van der Waals surface area contributed by atoms with Crippen LogP contribution in [0.25, 0.3) is 11.4 Å². The van der Waals surface area contributed by atoms with Gasteiger partial charge < -0.3 is 14.6 Å². The molecule has 0 saturated carbocycles. The molecule has 196 valence electrons. The second-order valence-corrected chi connectivity index (χ2v) is 12.3. The number of nitriles is 1. The summed E-state index contributed by atoms with van der Waals surface area (Å²) in [6.07, 6.45) is 4.06. The Morgan fingerprint density at radius 2 is 2.16 bits per heavy atom. The molecule has 0 bridgehead atoms. The van der Waals surface area contributed by atoms with Gasteiger partial charge in [-0.25, -0.2) is 0 Å². The summed E-state index contributed by atoms with van der Waals surface area (Å²) in [5.41, 5.74) is 2.74. The first-order valence-corrected chi connectivity index (χ1v) is 14.6. The third-order valence-corrected chi connectivity index (χ3v) is 9.79. The van der Waals surface area contributed by atoms with Gasteiger partial charge >= 0.3 is 0 Å². The molecule has 4 rings (SSSR count). The molecule has 10 heteroatoms. The van der Waals surface area contributed by atoms with Crippen molar-refractivity contribution in [1.82, 2.24) is 14.8 Å². The summed E-state index contributed by atoms with van der Waals surface area (Å²) in [5, 5.41) is 23.4. The number of benzene rings is 1. The van der Waals surface area contributed by atoms with Crippen molar-refractivity contribution in [1.29, 1.82) is 5.26 Å². The maximum absolute atomic E-state index is 12.9. The van der Waals surface area contributed by atoms with Gasteiger partial charge in [0.05, 0.1) is 24.0 Å². The second-order valence-electron chi connectivity index (χ2n) is 9.83. The summed E-state index contributed by atoms with van der Waals surface area (Å²) in [6, 6.07) is 7.70. The van der Waals surface area contributed by atoms with Gasteiger partial charge in [-0.05, 0) is 61.3 Å². The Hall–Kier alpha value is -2.54. The van der Waals surface area contributed by atoms with E-state index in [-0.39, 0.29) is 17.1 Å². The number of ether oxygens (including phenoxy) is 1. The Balaban J connectivity index is 1.48. The maximum Gasteiger partial charge on any atom is 0.235 e. The largest absolute Gasteiger partial charge is 0.496 e. The van der Waals surface area contributed by atoms with E-state index >= 15 is 0 Å². The molecule has 7 nitrogen and oxygen atoms in total. The van der Waals surface area contributed by atoms with Gasteiger partial charge in [0, 0.05) is 16.4 Å². The summed E-state index contributed by atoms with van der Waals surface area (Å²) >= 11 is 9.08. The lowest BCUT2D eigenvalue weighted by Gasteiger charge is -2.36. The molecule has 1 unspecified atom stereocenters. The van der Waals surface area contributed by atoms with Crippen LogP contribution in [-0.4, -0.2) is 33.5 Å². The quantitative estimate of drug-likeness (QED) is 0.290. The second kappa shape index (κ2) is 11.5. The van der Waals surface area contributed by atoms with Crippen molar-refractivity contribution in [2.75, 3.05) is 18.2 Å². The molecule has 1 N–H and O–H groups in total. The lowest BCUT2D eigenvalue weighted by atomic mass is 9.69. The smallest absolute Gasteiger partial charge is 0.235 e. The number of thiophene rings is 1. The van der Waals surface area contributed by atoms with Gasteiger partial charge in [0.2, 0.25) is 5.91 Å². The van der Waals surface area contributed by atoms with E-state index in [1.54, 1.807) is 36.6 Å². The number of aromatic nitrogens is 3. The molecular formula is C27H32ClN5O2S2. The Morgan fingerprint density at radius 3 is 2.84 bits per heavy atom. The number of methoxy groups -OCH3 is 1. The highest BCUT2D eigenvalue weighted by Gasteiger charge is 2.34. The van der Waals surface area contributed by atoms with Crippen LogP contribution in [0.2, 0.25) is 5.02 Å². The summed E-state index contributed by atoms with van der Waals surface area (Å²) in [5.74, 6) is 1.85. The predicted molar refractivity (Wildman–Crippen MR) is 151 cm³/mol. The molecule has 1 aromatic carbocycles. The average molecular weight is 558 g/mol. The fourth-order valence-corrected chi connectivity index (χ4v) is 7.04. The Kier molecular flexibility index (Phi) is 8.52. The van der Waals surface area contributed by atoms with Crippen LogP contribution in [0.15, 0.2) is 23.4 Å². The Labute approximate surface area is 231 Å². The number of amides is 1. The summed E-state index contributed by atoms with van der Waals surface area (Å²) in [7, 11) is 1.60. The molecular weight excluding hydrogens is 526 g/mol. The van der Waals surface area contributed by atoms with Crippen LogP contribution in [0.4, 0.5) is 5.00 Å². The zero-order valence-corrected chi connectivity index (χ0v) is 24.2. The number of nitrogens with one attached hydrogen (secondary N) is 1. The highest BCUT2D eigenvalue weighted by Crippen LogP contribution is 2.45. The number of halogens is 1. The van der Waals surface area contributed by atoms with E-state index in [1.807, 2.05) is 11.5 Å². The van der Waals surface area contributed by atoms with Gasteiger partial charge in [0.1, 0.15) is 16.8 Å². The van der Waals surface area contributed by atoms with Crippen LogP contribution in [0.1, 0.15) is 56.5 Å². The van der Waals surface area contributed by atoms with E-state index in [4.69, 9.17) is 16.3 Å². The van der Waals surface area contributed by atoms with Crippen molar-refractivity contribution in [3.63, 3.8) is 0 Å². The van der Waals surface area contributed by atoms with Crippen molar-refractivity contribution in [3.05, 3.63) is 39.2 Å². The third kappa shape index (κ3) is 5.66. The number of rotatable bonds is 9. The van der Waals surface area contributed by atoms with E-state index < -0.39 is 0 Å². The van der Waals surface area contributed by atoms with Gasteiger partial charge in [-0.3, -0.25) is 4.79 Å². The van der Waals surface area contributed by atoms with E-state index in [0.717, 1.165) is 36.8 Å². The van der Waals surface area contributed by atoms with Crippen molar-refractivity contribution >= 4 is 45.6 Å². The molecule has 1 aliphatic carbocycles. The zero-order valence-electron chi connectivity index (χ0n) is 21.9. The number of carbonyl (C=O) groups excluding carboxylic acids is 1. The molecule has 3 aromatic rings. The van der Waals surface area contributed by atoms with Crippen LogP contribution in [0.5, 0.6) is 5.75 Å². The topological polar surface area (TPSA) is 92.8 Å². The van der Waals surface area contributed by atoms with Gasteiger partial charge in [0.15, 0.2) is 11.0 Å². The first kappa shape index (κ1) is 27.5. The Bertz CT molecular complexity index is 1340. The number of hydrogen-bond donors (Lipinski definition) is 1. The van der Waals surface area contributed by atoms with Gasteiger partial charge in [-0.1, -0.05) is 50.6 Å². The zero-order chi connectivity index (χ0) is 26.7. The van der Waals surface area contributed by atoms with Crippen LogP contribution >= 0.6 is 34.7 Å². The molecule has 2 aromatic heterocycles. The van der Waals surface area contributed by atoms with E-state index in [2.05, 4.69) is 42.4 Å². The molecule has 0 fully saturated rings. The van der Waals surface area contributed by atoms with Gasteiger partial charge in [-0.2, -0.15) is 5.26 Å². The average Bonchev–Trinajstić information content (AvgIpc) is 3.46. The lowest BCUT2D eigenvalue weighted by molar-refractivity contribution is -0.113. The number of anilines is 1. The third-order valence-electron chi connectivity index (χ3n) is 7.41. The summed E-state index contributed by atoms with van der Waals surface area (Å²) in [6.45, 7) is 9.50. The minimum absolute atomic E-state index is 0.156. The molecule has 2 heterocycles. The summed E-state index contributed by atoms with van der Waals surface area (Å²) < 4.78 is 7.42. The van der Waals surface area contributed by atoms with Crippen molar-refractivity contribution in [2.45, 2.75) is 65.1 Å². The monoisotopic (exact) mass is 557 g/mol. The first-order valence-electron chi connectivity index (χ1n) is 12.5. The number of thioether (sulfide) groups is 1. The molecule has 0 spiro atoms. The minimum Gasteiger partial charge on any atom is -0.496 e. The fraction of sp³-hybridized carbons (Fsp3) is 0.481.